The summed E-state index contributed by atoms with van der Waals surface area (Å²) in [7, 11) is -1.51. The summed E-state index contributed by atoms with van der Waals surface area (Å²) < 4.78 is 16.5. The van der Waals surface area contributed by atoms with E-state index in [4.69, 9.17) is 13.6 Å². The molecular weight excluding hydrogens is 363 g/mol. The van der Waals surface area contributed by atoms with Gasteiger partial charge in [0.25, 0.3) is 0 Å². The summed E-state index contributed by atoms with van der Waals surface area (Å²) in [6, 6.07) is 0. The highest BCUT2D eigenvalue weighted by Crippen LogP contribution is 2.72. The Morgan fingerprint density at radius 3 is 1.70 bits per heavy atom. The molecule has 6 heteroatoms. The third-order valence-electron chi connectivity index (χ3n) is 6.31. The number of aliphatic hydroxyl groups excluding tert-OH is 1. The summed E-state index contributed by atoms with van der Waals surface area (Å²) in [4.78, 5) is 0. The zero-order chi connectivity index (χ0) is 20.9. The summed E-state index contributed by atoms with van der Waals surface area (Å²) in [5.74, 6) is -1.00. The molecule has 3 rings (SSSR count). The van der Waals surface area contributed by atoms with Crippen LogP contribution in [0.3, 0.4) is 0 Å². The van der Waals surface area contributed by atoms with Crippen molar-refractivity contribution in [1.29, 1.82) is 0 Å². The van der Waals surface area contributed by atoms with E-state index in [2.05, 4.69) is 62.3 Å². The van der Waals surface area contributed by atoms with E-state index >= 15 is 0 Å². The van der Waals surface area contributed by atoms with Gasteiger partial charge in [0.2, 0.25) is 0 Å². The predicted molar refractivity (Wildman–Crippen MR) is 109 cm³/mol. The average Bonchev–Trinajstić information content (AvgIpc) is 2.85. The molecule has 0 radical (unpaired) electrons. The highest BCUT2D eigenvalue weighted by atomic mass is 31.2. The fraction of sp³-hybridized carbons (Fsp3) is 1.00. The van der Waals surface area contributed by atoms with E-state index in [0.717, 1.165) is 12.8 Å². The molecule has 3 saturated heterocycles. The summed E-state index contributed by atoms with van der Waals surface area (Å²) in [5.41, 5.74) is -0.674. The molecule has 3 aliphatic rings. The average molecular weight is 405 g/mol. The molecule has 0 aliphatic carbocycles. The third-order valence-corrected chi connectivity index (χ3v) is 7.61. The fourth-order valence-electron chi connectivity index (χ4n) is 3.97. The first-order valence-corrected chi connectivity index (χ1v) is 11.3. The molecule has 5 nitrogen and oxygen atoms in total. The Labute approximate surface area is 167 Å². The van der Waals surface area contributed by atoms with Gasteiger partial charge in [-0.2, -0.15) is 0 Å². The largest absolute Gasteiger partial charge is 0.393 e. The molecule has 3 unspecified atom stereocenters. The first kappa shape index (κ1) is 23.5. The minimum atomic E-state index is -1.79. The topological polar surface area (TPSA) is 68.2 Å². The first-order chi connectivity index (χ1) is 12.0. The minimum Gasteiger partial charge on any atom is -0.393 e. The highest BCUT2D eigenvalue weighted by Gasteiger charge is 2.74. The standard InChI is InChI=1S/C21H41O5P/c1-17(2,3)11-10-15(18(4,5)6)12-16(19(7,8)9)13-20(14-22)21(23)25-27(24-20)26-21/h15-16,22-23H,10-14H2,1-9H3. The molecule has 3 atom stereocenters. The van der Waals surface area contributed by atoms with Gasteiger partial charge in [0, 0.05) is 0 Å². The van der Waals surface area contributed by atoms with E-state index in [-0.39, 0.29) is 23.4 Å². The van der Waals surface area contributed by atoms with Crippen LogP contribution < -0.4 is 0 Å². The summed E-state index contributed by atoms with van der Waals surface area (Å²) >= 11 is 0. The zero-order valence-corrected chi connectivity index (χ0v) is 19.7. The van der Waals surface area contributed by atoms with Crippen LogP contribution in [0.2, 0.25) is 0 Å². The van der Waals surface area contributed by atoms with Crippen molar-refractivity contribution in [2.75, 3.05) is 6.61 Å². The minimum absolute atomic E-state index is 0.00730. The van der Waals surface area contributed by atoms with Crippen molar-refractivity contribution in [3.05, 3.63) is 0 Å². The molecule has 3 fully saturated rings. The van der Waals surface area contributed by atoms with Crippen LogP contribution in [-0.4, -0.2) is 28.4 Å². The Bertz CT molecular complexity index is 510. The van der Waals surface area contributed by atoms with Gasteiger partial charge in [0.05, 0.1) is 6.61 Å². The van der Waals surface area contributed by atoms with Crippen LogP contribution in [0, 0.1) is 28.1 Å². The smallest absolute Gasteiger partial charge is 0.342 e. The maximum Gasteiger partial charge on any atom is 0.342 e. The molecule has 27 heavy (non-hydrogen) atoms. The lowest BCUT2D eigenvalue weighted by molar-refractivity contribution is -0.351. The van der Waals surface area contributed by atoms with Crippen molar-refractivity contribution >= 4 is 8.60 Å². The monoisotopic (exact) mass is 404 g/mol. The number of aliphatic hydroxyl groups is 2. The molecule has 0 spiro atoms. The molecule has 2 bridgehead atoms. The SMILES string of the molecule is CC(C)(C)CCC(CC(CC1(CO)OP2OC1(O)O2)C(C)(C)C)C(C)(C)C. The lowest BCUT2D eigenvalue weighted by Crippen LogP contribution is -2.57. The van der Waals surface area contributed by atoms with Gasteiger partial charge in [-0.25, -0.2) is 0 Å². The van der Waals surface area contributed by atoms with Crippen LogP contribution in [-0.2, 0) is 13.6 Å². The van der Waals surface area contributed by atoms with E-state index in [1.807, 2.05) is 0 Å². The Balaban J connectivity index is 2.20. The number of fused-ring (bicyclic) bond motifs is 1. The van der Waals surface area contributed by atoms with Crippen LogP contribution in [0.15, 0.2) is 0 Å². The molecular formula is C21H41O5P. The fourth-order valence-corrected chi connectivity index (χ4v) is 5.33. The second kappa shape index (κ2) is 7.49. The van der Waals surface area contributed by atoms with Gasteiger partial charge in [-0.1, -0.05) is 62.3 Å². The van der Waals surface area contributed by atoms with Crippen molar-refractivity contribution in [3.63, 3.8) is 0 Å². The van der Waals surface area contributed by atoms with Crippen LogP contribution in [0.4, 0.5) is 0 Å². The molecule has 160 valence electrons. The second-order valence-corrected chi connectivity index (χ2v) is 12.9. The maximum absolute atomic E-state index is 10.6. The molecule has 0 aromatic heterocycles. The van der Waals surface area contributed by atoms with Crippen LogP contribution >= 0.6 is 8.60 Å². The Morgan fingerprint density at radius 1 is 0.852 bits per heavy atom. The van der Waals surface area contributed by atoms with Crippen LogP contribution in [0.5, 0.6) is 0 Å². The van der Waals surface area contributed by atoms with Crippen LogP contribution in [0.25, 0.3) is 0 Å². The van der Waals surface area contributed by atoms with Crippen LogP contribution in [0.1, 0.15) is 88.0 Å². The molecule has 0 aromatic carbocycles. The van der Waals surface area contributed by atoms with E-state index in [1.54, 1.807) is 0 Å². The third kappa shape index (κ3) is 5.24. The van der Waals surface area contributed by atoms with Gasteiger partial charge in [-0.15, -0.1) is 0 Å². The lowest BCUT2D eigenvalue weighted by atomic mass is 9.64. The van der Waals surface area contributed by atoms with E-state index in [1.165, 1.54) is 6.42 Å². The van der Waals surface area contributed by atoms with Gasteiger partial charge in [-0.05, 0) is 53.8 Å². The van der Waals surface area contributed by atoms with Crippen molar-refractivity contribution in [3.8, 4) is 0 Å². The molecule has 0 saturated carbocycles. The van der Waals surface area contributed by atoms with Crippen molar-refractivity contribution in [2.45, 2.75) is 99.6 Å². The predicted octanol–water partition coefficient (Wildman–Crippen LogP) is 5.60. The molecule has 0 aromatic rings. The van der Waals surface area contributed by atoms with Gasteiger partial charge >= 0.3 is 14.6 Å². The van der Waals surface area contributed by atoms with Crippen molar-refractivity contribution < 1.29 is 23.8 Å². The highest BCUT2D eigenvalue weighted by molar-refractivity contribution is 7.43. The lowest BCUT2D eigenvalue weighted by Gasteiger charge is -2.44. The van der Waals surface area contributed by atoms with Gasteiger partial charge in [0.15, 0.2) is 5.60 Å². The molecule has 0 amide bonds. The summed E-state index contributed by atoms with van der Waals surface area (Å²) in [6.07, 6.45) is 3.87. The Kier molecular flexibility index (Phi) is 6.52. The summed E-state index contributed by atoms with van der Waals surface area (Å²) in [6.45, 7) is 20.2. The van der Waals surface area contributed by atoms with Gasteiger partial charge in [-0.3, -0.25) is 13.6 Å². The summed E-state index contributed by atoms with van der Waals surface area (Å²) in [5, 5.41) is 20.6. The van der Waals surface area contributed by atoms with Crippen molar-refractivity contribution in [2.24, 2.45) is 28.1 Å². The number of rotatable bonds is 7. The molecule has 3 heterocycles. The number of hydrogen-bond acceptors (Lipinski definition) is 5. The van der Waals surface area contributed by atoms with E-state index < -0.39 is 20.2 Å². The van der Waals surface area contributed by atoms with E-state index in [9.17, 15) is 10.2 Å². The van der Waals surface area contributed by atoms with Crippen molar-refractivity contribution in [1.82, 2.24) is 0 Å². The van der Waals surface area contributed by atoms with Gasteiger partial charge < -0.3 is 10.2 Å². The molecule has 2 N–H and O–H groups in total. The van der Waals surface area contributed by atoms with E-state index in [0.29, 0.717) is 17.8 Å². The maximum atomic E-state index is 10.6. The quantitative estimate of drug-likeness (QED) is 0.541. The second-order valence-electron chi connectivity index (χ2n) is 11.9. The molecule has 3 aliphatic heterocycles. The zero-order valence-electron chi connectivity index (χ0n) is 18.8. The normalized spacial score (nSPS) is 33.7. The first-order valence-electron chi connectivity index (χ1n) is 10.2. The Morgan fingerprint density at radius 2 is 1.37 bits per heavy atom. The Hall–Kier alpha value is 0.230. The van der Waals surface area contributed by atoms with Gasteiger partial charge in [0.1, 0.15) is 0 Å². The number of hydrogen-bond donors (Lipinski definition) is 2.